The van der Waals surface area contributed by atoms with Crippen LogP contribution in [0.25, 0.3) is 0 Å². The van der Waals surface area contributed by atoms with Crippen LogP contribution in [0.1, 0.15) is 5.69 Å². The van der Waals surface area contributed by atoms with Crippen LogP contribution in [0.3, 0.4) is 0 Å². The summed E-state index contributed by atoms with van der Waals surface area (Å²) < 4.78 is 36.7. The fraction of sp³-hybridized carbons (Fsp3) is 0.545. The third-order valence-corrected chi connectivity index (χ3v) is 2.82. The lowest BCUT2D eigenvalue weighted by Gasteiger charge is -2.34. The number of rotatable bonds is 2. The second-order valence-corrected chi connectivity index (χ2v) is 4.23. The lowest BCUT2D eigenvalue weighted by atomic mass is 10.3. The summed E-state index contributed by atoms with van der Waals surface area (Å²) in [6, 6.07) is 3.40. The van der Waals surface area contributed by atoms with Gasteiger partial charge in [0.1, 0.15) is 11.8 Å². The predicted molar refractivity (Wildman–Crippen MR) is 61.5 cm³/mol. The van der Waals surface area contributed by atoms with Crippen molar-refractivity contribution in [1.82, 2.24) is 14.9 Å². The molecule has 0 saturated carbocycles. The Bertz CT molecular complexity index is 474. The maximum absolute atomic E-state index is 12.2. The molecule has 102 valence electrons. The van der Waals surface area contributed by atoms with Crippen LogP contribution in [0, 0.1) is 11.3 Å². The van der Waals surface area contributed by atoms with E-state index in [4.69, 9.17) is 5.26 Å². The molecular formula is C11H12F3N5. The molecule has 8 heteroatoms. The number of piperazine rings is 1. The summed E-state index contributed by atoms with van der Waals surface area (Å²) >= 11 is 0. The molecule has 0 aliphatic carbocycles. The van der Waals surface area contributed by atoms with E-state index in [1.54, 1.807) is 4.90 Å². The van der Waals surface area contributed by atoms with Crippen molar-refractivity contribution >= 4 is 5.95 Å². The highest BCUT2D eigenvalue weighted by Gasteiger charge is 2.32. The Morgan fingerprint density at radius 2 is 1.95 bits per heavy atom. The molecule has 0 unspecified atom stereocenters. The minimum atomic E-state index is -4.17. The maximum Gasteiger partial charge on any atom is 0.401 e. The highest BCUT2D eigenvalue weighted by Crippen LogP contribution is 2.18. The van der Waals surface area contributed by atoms with E-state index in [-0.39, 0.29) is 5.69 Å². The van der Waals surface area contributed by atoms with Crippen molar-refractivity contribution in [3.63, 3.8) is 0 Å². The van der Waals surface area contributed by atoms with Crippen molar-refractivity contribution in [3.05, 3.63) is 18.0 Å². The van der Waals surface area contributed by atoms with Crippen molar-refractivity contribution < 1.29 is 13.2 Å². The summed E-state index contributed by atoms with van der Waals surface area (Å²) in [5, 5.41) is 8.74. The van der Waals surface area contributed by atoms with E-state index in [0.29, 0.717) is 32.1 Å². The molecule has 0 aromatic carbocycles. The fourth-order valence-corrected chi connectivity index (χ4v) is 1.92. The van der Waals surface area contributed by atoms with E-state index in [1.165, 1.54) is 17.2 Å². The number of anilines is 1. The molecule has 1 aliphatic heterocycles. The predicted octanol–water partition coefficient (Wildman–Crippen LogP) is 1.03. The Kier molecular flexibility index (Phi) is 3.85. The van der Waals surface area contributed by atoms with Crippen LogP contribution in [0.5, 0.6) is 0 Å². The van der Waals surface area contributed by atoms with Gasteiger partial charge in [0.2, 0.25) is 5.95 Å². The summed E-state index contributed by atoms with van der Waals surface area (Å²) in [6.07, 6.45) is -2.69. The first-order valence-electron chi connectivity index (χ1n) is 5.75. The highest BCUT2D eigenvalue weighted by atomic mass is 19.4. The van der Waals surface area contributed by atoms with E-state index in [2.05, 4.69) is 9.97 Å². The summed E-state index contributed by atoms with van der Waals surface area (Å²) in [5.74, 6) is 0.394. The van der Waals surface area contributed by atoms with Gasteiger partial charge in [0, 0.05) is 32.4 Å². The fourth-order valence-electron chi connectivity index (χ4n) is 1.92. The first kappa shape index (κ1) is 13.5. The molecule has 0 radical (unpaired) electrons. The van der Waals surface area contributed by atoms with Crippen molar-refractivity contribution in [2.24, 2.45) is 0 Å². The minimum absolute atomic E-state index is 0.253. The molecule has 2 heterocycles. The third kappa shape index (κ3) is 3.79. The minimum Gasteiger partial charge on any atom is -0.338 e. The molecule has 0 spiro atoms. The zero-order valence-electron chi connectivity index (χ0n) is 10.1. The van der Waals surface area contributed by atoms with Crippen LogP contribution in [-0.4, -0.2) is 53.8 Å². The summed E-state index contributed by atoms with van der Waals surface area (Å²) in [6.45, 7) is 0.565. The number of aromatic nitrogens is 2. The van der Waals surface area contributed by atoms with Gasteiger partial charge in [0.25, 0.3) is 0 Å². The lowest BCUT2D eigenvalue weighted by Crippen LogP contribution is -2.49. The van der Waals surface area contributed by atoms with Gasteiger partial charge in [-0.25, -0.2) is 9.97 Å². The molecule has 5 nitrogen and oxygen atoms in total. The number of halogens is 3. The van der Waals surface area contributed by atoms with Crippen LogP contribution >= 0.6 is 0 Å². The molecule has 0 amide bonds. The average molecular weight is 271 g/mol. The Hall–Kier alpha value is -1.88. The van der Waals surface area contributed by atoms with Gasteiger partial charge in [0.15, 0.2) is 0 Å². The summed E-state index contributed by atoms with van der Waals surface area (Å²) in [4.78, 5) is 11.2. The number of nitrogens with zero attached hydrogens (tertiary/aromatic N) is 5. The first-order chi connectivity index (χ1) is 8.98. The van der Waals surface area contributed by atoms with Crippen molar-refractivity contribution in [2.45, 2.75) is 6.18 Å². The van der Waals surface area contributed by atoms with Crippen LogP contribution in [-0.2, 0) is 0 Å². The molecule has 1 aromatic heterocycles. The molecule has 1 saturated heterocycles. The molecule has 19 heavy (non-hydrogen) atoms. The summed E-state index contributed by atoms with van der Waals surface area (Å²) in [7, 11) is 0. The van der Waals surface area contributed by atoms with Crippen molar-refractivity contribution in [3.8, 4) is 6.07 Å². The molecule has 0 N–H and O–H groups in total. The van der Waals surface area contributed by atoms with Gasteiger partial charge in [-0.1, -0.05) is 0 Å². The topological polar surface area (TPSA) is 56.1 Å². The number of nitriles is 1. The molecule has 1 aliphatic rings. The molecule has 2 rings (SSSR count). The van der Waals surface area contributed by atoms with Crippen LogP contribution < -0.4 is 4.90 Å². The lowest BCUT2D eigenvalue weighted by molar-refractivity contribution is -0.146. The third-order valence-electron chi connectivity index (χ3n) is 2.82. The summed E-state index contributed by atoms with van der Waals surface area (Å²) in [5.41, 5.74) is 0.253. The number of hydrogen-bond donors (Lipinski definition) is 0. The van der Waals surface area contributed by atoms with Gasteiger partial charge >= 0.3 is 6.18 Å². The smallest absolute Gasteiger partial charge is 0.338 e. The Morgan fingerprint density at radius 3 is 2.53 bits per heavy atom. The average Bonchev–Trinajstić information content (AvgIpc) is 2.38. The molecule has 1 fully saturated rings. The van der Waals surface area contributed by atoms with Gasteiger partial charge in [0.05, 0.1) is 6.54 Å². The van der Waals surface area contributed by atoms with E-state index in [1.807, 2.05) is 6.07 Å². The Labute approximate surface area is 108 Å². The van der Waals surface area contributed by atoms with Gasteiger partial charge < -0.3 is 4.90 Å². The molecular weight excluding hydrogens is 259 g/mol. The van der Waals surface area contributed by atoms with Crippen LogP contribution in [0.15, 0.2) is 12.3 Å². The van der Waals surface area contributed by atoms with Crippen molar-refractivity contribution in [2.75, 3.05) is 37.6 Å². The second-order valence-electron chi connectivity index (χ2n) is 4.23. The second kappa shape index (κ2) is 5.40. The van der Waals surface area contributed by atoms with E-state index < -0.39 is 12.7 Å². The molecule has 0 bridgehead atoms. The normalized spacial score (nSPS) is 17.3. The maximum atomic E-state index is 12.2. The van der Waals surface area contributed by atoms with Gasteiger partial charge in [-0.3, -0.25) is 4.90 Å². The zero-order chi connectivity index (χ0) is 13.9. The van der Waals surface area contributed by atoms with Crippen LogP contribution in [0.4, 0.5) is 19.1 Å². The van der Waals surface area contributed by atoms with Crippen molar-refractivity contribution in [1.29, 1.82) is 5.26 Å². The van der Waals surface area contributed by atoms with E-state index >= 15 is 0 Å². The highest BCUT2D eigenvalue weighted by molar-refractivity contribution is 5.34. The first-order valence-corrected chi connectivity index (χ1v) is 5.75. The Morgan fingerprint density at radius 1 is 1.26 bits per heavy atom. The zero-order valence-corrected chi connectivity index (χ0v) is 10.1. The number of hydrogen-bond acceptors (Lipinski definition) is 5. The monoisotopic (exact) mass is 271 g/mol. The quantitative estimate of drug-likeness (QED) is 0.804. The van der Waals surface area contributed by atoms with E-state index in [0.717, 1.165) is 0 Å². The number of alkyl halides is 3. The molecule has 1 aromatic rings. The van der Waals surface area contributed by atoms with Gasteiger partial charge in [-0.15, -0.1) is 0 Å². The van der Waals surface area contributed by atoms with Gasteiger partial charge in [-0.2, -0.15) is 18.4 Å². The Balaban J connectivity index is 1.94. The SMILES string of the molecule is N#Cc1ccnc(N2CCN(CC(F)(F)F)CC2)n1. The van der Waals surface area contributed by atoms with Crippen LogP contribution in [0.2, 0.25) is 0 Å². The largest absolute Gasteiger partial charge is 0.401 e. The standard InChI is InChI=1S/C11H12F3N5/c12-11(13,14)8-18-3-5-19(6-4-18)10-16-2-1-9(7-15)17-10/h1-2H,3-6,8H2. The van der Waals surface area contributed by atoms with E-state index in [9.17, 15) is 13.2 Å². The molecule has 0 atom stereocenters. The van der Waals surface area contributed by atoms with Gasteiger partial charge in [-0.05, 0) is 6.07 Å².